The standard InChI is InChI=1S/C14H15N3S2/c1-10-4-5-12(19-10)9-15-7-11-8-16-17-14(11)13-3-2-6-18-13/h2-6,8,15H,7,9H2,1H3,(H,16,17). The zero-order valence-corrected chi connectivity index (χ0v) is 12.3. The van der Waals surface area contributed by atoms with Gasteiger partial charge in [-0.25, -0.2) is 0 Å². The maximum atomic E-state index is 4.15. The molecule has 0 unspecified atom stereocenters. The Labute approximate surface area is 120 Å². The third-order valence-electron chi connectivity index (χ3n) is 2.90. The SMILES string of the molecule is Cc1ccc(CNCc2cn[nH]c2-c2cccs2)s1. The Morgan fingerprint density at radius 1 is 1.26 bits per heavy atom. The van der Waals surface area contributed by atoms with Crippen molar-refractivity contribution in [2.45, 2.75) is 20.0 Å². The van der Waals surface area contributed by atoms with E-state index in [9.17, 15) is 0 Å². The van der Waals surface area contributed by atoms with Gasteiger partial charge in [0, 0.05) is 28.4 Å². The van der Waals surface area contributed by atoms with Crippen molar-refractivity contribution in [2.24, 2.45) is 0 Å². The molecule has 98 valence electrons. The van der Waals surface area contributed by atoms with Gasteiger partial charge in [0.15, 0.2) is 0 Å². The molecule has 3 heterocycles. The molecule has 0 fully saturated rings. The van der Waals surface area contributed by atoms with Crippen LogP contribution in [0.4, 0.5) is 0 Å². The van der Waals surface area contributed by atoms with Crippen LogP contribution in [0.1, 0.15) is 15.3 Å². The summed E-state index contributed by atoms with van der Waals surface area (Å²) in [5, 5.41) is 12.8. The molecule has 0 aliphatic rings. The molecule has 3 aromatic heterocycles. The fraction of sp³-hybridized carbons (Fsp3) is 0.214. The minimum Gasteiger partial charge on any atom is -0.308 e. The van der Waals surface area contributed by atoms with Crippen molar-refractivity contribution in [1.29, 1.82) is 0 Å². The number of aryl methyl sites for hydroxylation is 1. The lowest BCUT2D eigenvalue weighted by Crippen LogP contribution is -2.11. The van der Waals surface area contributed by atoms with Crippen LogP contribution in [0.25, 0.3) is 10.6 Å². The molecule has 0 radical (unpaired) electrons. The molecule has 0 aliphatic heterocycles. The minimum absolute atomic E-state index is 0.834. The van der Waals surface area contributed by atoms with E-state index >= 15 is 0 Å². The van der Waals surface area contributed by atoms with Crippen molar-refractivity contribution in [3.8, 4) is 10.6 Å². The third kappa shape index (κ3) is 2.94. The molecule has 2 N–H and O–H groups in total. The van der Waals surface area contributed by atoms with Crippen molar-refractivity contribution in [1.82, 2.24) is 15.5 Å². The summed E-state index contributed by atoms with van der Waals surface area (Å²) in [7, 11) is 0. The van der Waals surface area contributed by atoms with Crippen LogP contribution in [0.3, 0.4) is 0 Å². The van der Waals surface area contributed by atoms with Crippen LogP contribution >= 0.6 is 22.7 Å². The molecule has 0 atom stereocenters. The number of hydrogen-bond acceptors (Lipinski definition) is 4. The number of H-pyrrole nitrogens is 1. The summed E-state index contributed by atoms with van der Waals surface area (Å²) in [5.41, 5.74) is 2.35. The Kier molecular flexibility index (Phi) is 3.77. The summed E-state index contributed by atoms with van der Waals surface area (Å²) in [6.45, 7) is 3.88. The van der Waals surface area contributed by atoms with E-state index in [0.29, 0.717) is 0 Å². The molecular weight excluding hydrogens is 274 g/mol. The van der Waals surface area contributed by atoms with E-state index in [0.717, 1.165) is 18.8 Å². The van der Waals surface area contributed by atoms with E-state index in [1.807, 2.05) is 17.5 Å². The van der Waals surface area contributed by atoms with E-state index in [2.05, 4.69) is 52.1 Å². The molecule has 19 heavy (non-hydrogen) atoms. The maximum absolute atomic E-state index is 4.15. The highest BCUT2D eigenvalue weighted by Gasteiger charge is 2.08. The van der Waals surface area contributed by atoms with E-state index in [1.54, 1.807) is 11.3 Å². The van der Waals surface area contributed by atoms with Crippen LogP contribution in [-0.2, 0) is 13.1 Å². The summed E-state index contributed by atoms with van der Waals surface area (Å²) in [6, 6.07) is 8.52. The number of nitrogens with zero attached hydrogens (tertiary/aromatic N) is 1. The first-order valence-corrected chi connectivity index (χ1v) is 7.84. The lowest BCUT2D eigenvalue weighted by molar-refractivity contribution is 0.702. The first kappa shape index (κ1) is 12.6. The van der Waals surface area contributed by atoms with E-state index < -0.39 is 0 Å². The average molecular weight is 289 g/mol. The first-order chi connectivity index (χ1) is 9.33. The molecule has 5 heteroatoms. The predicted octanol–water partition coefficient (Wildman–Crippen LogP) is 3.80. The molecule has 3 rings (SSSR count). The molecule has 0 amide bonds. The number of aromatic nitrogens is 2. The number of nitrogens with one attached hydrogen (secondary N) is 2. The molecule has 0 aromatic carbocycles. The maximum Gasteiger partial charge on any atom is 0.0794 e. The van der Waals surface area contributed by atoms with Gasteiger partial charge in [0.1, 0.15) is 0 Å². The molecule has 3 nitrogen and oxygen atoms in total. The molecular formula is C14H15N3S2. The van der Waals surface area contributed by atoms with Gasteiger partial charge in [0.05, 0.1) is 16.8 Å². The normalized spacial score (nSPS) is 11.0. The predicted molar refractivity (Wildman–Crippen MR) is 81.5 cm³/mol. The second-order valence-corrected chi connectivity index (χ2v) is 6.68. The highest BCUT2D eigenvalue weighted by Crippen LogP contribution is 2.25. The largest absolute Gasteiger partial charge is 0.308 e. The molecule has 0 spiro atoms. The van der Waals surface area contributed by atoms with Crippen molar-refractivity contribution >= 4 is 22.7 Å². The third-order valence-corrected chi connectivity index (χ3v) is 4.78. The highest BCUT2D eigenvalue weighted by atomic mass is 32.1. The molecule has 0 saturated carbocycles. The van der Waals surface area contributed by atoms with Gasteiger partial charge >= 0.3 is 0 Å². The van der Waals surface area contributed by atoms with Gasteiger partial charge in [-0.3, -0.25) is 5.10 Å². The van der Waals surface area contributed by atoms with E-state index in [4.69, 9.17) is 0 Å². The zero-order valence-electron chi connectivity index (χ0n) is 10.6. The van der Waals surface area contributed by atoms with Gasteiger partial charge in [0.2, 0.25) is 0 Å². The number of thiophene rings is 2. The molecule has 3 aromatic rings. The van der Waals surface area contributed by atoms with Crippen LogP contribution in [0, 0.1) is 6.92 Å². The first-order valence-electron chi connectivity index (χ1n) is 6.15. The lowest BCUT2D eigenvalue weighted by atomic mass is 10.2. The molecule has 0 aliphatic carbocycles. The van der Waals surface area contributed by atoms with Gasteiger partial charge in [-0.15, -0.1) is 22.7 Å². The van der Waals surface area contributed by atoms with Crippen LogP contribution in [-0.4, -0.2) is 10.2 Å². The van der Waals surface area contributed by atoms with Gasteiger partial charge in [-0.2, -0.15) is 5.10 Å². The second kappa shape index (κ2) is 5.69. The monoisotopic (exact) mass is 289 g/mol. The van der Waals surface area contributed by atoms with Crippen LogP contribution in [0.15, 0.2) is 35.8 Å². The average Bonchev–Trinajstić information content (AvgIpc) is 3.09. The van der Waals surface area contributed by atoms with Crippen molar-refractivity contribution in [3.05, 3.63) is 51.2 Å². The lowest BCUT2D eigenvalue weighted by Gasteiger charge is -2.03. The minimum atomic E-state index is 0.834. The number of aromatic amines is 1. The van der Waals surface area contributed by atoms with Gasteiger partial charge < -0.3 is 5.32 Å². The summed E-state index contributed by atoms with van der Waals surface area (Å²) in [4.78, 5) is 3.97. The van der Waals surface area contributed by atoms with Gasteiger partial charge in [0.25, 0.3) is 0 Å². The molecule has 0 bridgehead atoms. The fourth-order valence-electron chi connectivity index (χ4n) is 1.98. The topological polar surface area (TPSA) is 40.7 Å². The van der Waals surface area contributed by atoms with Crippen LogP contribution in [0.5, 0.6) is 0 Å². The second-order valence-electron chi connectivity index (χ2n) is 4.36. The van der Waals surface area contributed by atoms with Gasteiger partial charge in [-0.05, 0) is 30.5 Å². The zero-order chi connectivity index (χ0) is 13.1. The smallest absolute Gasteiger partial charge is 0.0794 e. The Bertz CT molecular complexity index is 637. The summed E-state index contributed by atoms with van der Waals surface area (Å²) >= 11 is 3.57. The molecule has 0 saturated heterocycles. The Morgan fingerprint density at radius 3 is 2.95 bits per heavy atom. The van der Waals surface area contributed by atoms with Crippen LogP contribution in [0.2, 0.25) is 0 Å². The van der Waals surface area contributed by atoms with Crippen molar-refractivity contribution in [2.75, 3.05) is 0 Å². The van der Waals surface area contributed by atoms with Crippen molar-refractivity contribution < 1.29 is 0 Å². The van der Waals surface area contributed by atoms with Crippen molar-refractivity contribution in [3.63, 3.8) is 0 Å². The highest BCUT2D eigenvalue weighted by molar-refractivity contribution is 7.13. The van der Waals surface area contributed by atoms with Crippen LogP contribution < -0.4 is 5.32 Å². The summed E-state index contributed by atoms with van der Waals surface area (Å²) in [5.74, 6) is 0. The van der Waals surface area contributed by atoms with E-state index in [1.165, 1.54) is 20.2 Å². The summed E-state index contributed by atoms with van der Waals surface area (Å²) < 4.78 is 0. The fourth-order valence-corrected chi connectivity index (χ4v) is 3.60. The quantitative estimate of drug-likeness (QED) is 0.750. The Hall–Kier alpha value is -1.43. The Morgan fingerprint density at radius 2 is 2.21 bits per heavy atom. The summed E-state index contributed by atoms with van der Waals surface area (Å²) in [6.07, 6.45) is 1.90. The van der Waals surface area contributed by atoms with Gasteiger partial charge in [-0.1, -0.05) is 6.07 Å². The van der Waals surface area contributed by atoms with E-state index in [-0.39, 0.29) is 0 Å². The number of rotatable bonds is 5. The number of hydrogen-bond donors (Lipinski definition) is 2. The Balaban J connectivity index is 1.63.